The molecule has 0 heteroatoms. The van der Waals surface area contributed by atoms with Crippen LogP contribution in [0.3, 0.4) is 0 Å². The molecule has 0 aliphatic heterocycles. The molecule has 0 aliphatic carbocycles. The summed E-state index contributed by atoms with van der Waals surface area (Å²) in [4.78, 5) is 0. The highest BCUT2D eigenvalue weighted by atomic mass is 14.0. The minimum absolute atomic E-state index is 0.851. The summed E-state index contributed by atoms with van der Waals surface area (Å²) >= 11 is 0. The highest BCUT2D eigenvalue weighted by molar-refractivity contribution is 4.70. The average Bonchev–Trinajstić information content (AvgIpc) is 2.11. The van der Waals surface area contributed by atoms with Gasteiger partial charge in [0.1, 0.15) is 0 Å². The van der Waals surface area contributed by atoms with Gasteiger partial charge in [0.25, 0.3) is 0 Å². The van der Waals surface area contributed by atoms with Crippen molar-refractivity contribution < 1.29 is 0 Å². The van der Waals surface area contributed by atoms with Gasteiger partial charge in [-0.25, -0.2) is 0 Å². The number of allylic oxidation sites excluding steroid dienone is 1. The lowest BCUT2D eigenvalue weighted by Gasteiger charge is -2.07. The van der Waals surface area contributed by atoms with E-state index in [9.17, 15) is 0 Å². The third-order valence-electron chi connectivity index (χ3n) is 2.62. The molecule has 0 nitrogen and oxygen atoms in total. The number of unbranched alkanes of at least 4 members (excludes halogenated alkanes) is 5. The van der Waals surface area contributed by atoms with Gasteiger partial charge in [-0.3, -0.25) is 0 Å². The Bertz CT molecular complexity index is 105. The second-order valence-corrected chi connectivity index (χ2v) is 4.19. The van der Waals surface area contributed by atoms with Crippen molar-refractivity contribution in [3.8, 4) is 0 Å². The SMILES string of the molecule is C=CCC(C)CCCCCCCC. The summed E-state index contributed by atoms with van der Waals surface area (Å²) in [6.07, 6.45) is 13.1. The van der Waals surface area contributed by atoms with Crippen molar-refractivity contribution in [2.24, 2.45) is 5.92 Å². The number of hydrogen-bond acceptors (Lipinski definition) is 0. The van der Waals surface area contributed by atoms with Crippen LogP contribution in [0.1, 0.15) is 65.2 Å². The van der Waals surface area contributed by atoms with Crippen LogP contribution in [0.4, 0.5) is 0 Å². The molecule has 0 fully saturated rings. The Morgan fingerprint density at radius 3 is 2.31 bits per heavy atom. The Labute approximate surface area is 84.4 Å². The lowest BCUT2D eigenvalue weighted by Crippen LogP contribution is -1.92. The minimum atomic E-state index is 0.851. The first-order valence-electron chi connectivity index (χ1n) is 5.92. The van der Waals surface area contributed by atoms with Crippen LogP contribution in [0.2, 0.25) is 0 Å². The lowest BCUT2D eigenvalue weighted by atomic mass is 9.99. The van der Waals surface area contributed by atoms with Crippen LogP contribution in [0.15, 0.2) is 12.7 Å². The van der Waals surface area contributed by atoms with Crippen LogP contribution < -0.4 is 0 Å². The highest BCUT2D eigenvalue weighted by Crippen LogP contribution is 2.14. The molecule has 0 aromatic rings. The molecule has 0 radical (unpaired) electrons. The molecule has 0 heterocycles. The van der Waals surface area contributed by atoms with E-state index >= 15 is 0 Å². The molecule has 0 aliphatic rings. The summed E-state index contributed by atoms with van der Waals surface area (Å²) in [5.41, 5.74) is 0. The summed E-state index contributed by atoms with van der Waals surface area (Å²) in [7, 11) is 0. The van der Waals surface area contributed by atoms with Gasteiger partial charge in [-0.15, -0.1) is 6.58 Å². The van der Waals surface area contributed by atoms with Crippen LogP contribution in [0.25, 0.3) is 0 Å². The molecule has 0 rings (SSSR count). The first kappa shape index (κ1) is 12.7. The van der Waals surface area contributed by atoms with E-state index < -0.39 is 0 Å². The zero-order chi connectivity index (χ0) is 9.94. The van der Waals surface area contributed by atoms with Gasteiger partial charge in [-0.2, -0.15) is 0 Å². The smallest absolute Gasteiger partial charge is 0.0328 e. The first-order chi connectivity index (χ1) is 6.31. The van der Waals surface area contributed by atoms with Gasteiger partial charge in [-0.1, -0.05) is 64.9 Å². The van der Waals surface area contributed by atoms with Gasteiger partial charge >= 0.3 is 0 Å². The maximum Gasteiger partial charge on any atom is -0.0328 e. The molecule has 1 atom stereocenters. The fraction of sp³-hybridized carbons (Fsp3) is 0.846. The predicted molar refractivity (Wildman–Crippen MR) is 62.0 cm³/mol. The molecule has 0 aromatic carbocycles. The topological polar surface area (TPSA) is 0 Å². The van der Waals surface area contributed by atoms with Crippen LogP contribution >= 0.6 is 0 Å². The van der Waals surface area contributed by atoms with E-state index in [2.05, 4.69) is 20.4 Å². The molecular formula is C13H26. The predicted octanol–water partition coefficient (Wildman–Crippen LogP) is 4.95. The molecule has 0 aromatic heterocycles. The fourth-order valence-electron chi connectivity index (χ4n) is 1.68. The van der Waals surface area contributed by atoms with Gasteiger partial charge in [-0.05, 0) is 12.3 Å². The third kappa shape index (κ3) is 9.66. The summed E-state index contributed by atoms with van der Waals surface area (Å²) in [6.45, 7) is 8.37. The van der Waals surface area contributed by atoms with Gasteiger partial charge in [0.05, 0.1) is 0 Å². The average molecular weight is 182 g/mol. The van der Waals surface area contributed by atoms with Crippen molar-refractivity contribution in [3.63, 3.8) is 0 Å². The van der Waals surface area contributed by atoms with Crippen molar-refractivity contribution in [2.45, 2.75) is 65.2 Å². The maximum atomic E-state index is 3.77. The molecular weight excluding hydrogens is 156 g/mol. The van der Waals surface area contributed by atoms with E-state index in [1.54, 1.807) is 0 Å². The standard InChI is InChI=1S/C13H26/c1-4-6-7-8-9-10-12-13(3)11-5-2/h5,13H,2,4,6-12H2,1,3H3. The number of hydrogen-bond donors (Lipinski definition) is 0. The van der Waals surface area contributed by atoms with Crippen molar-refractivity contribution in [1.29, 1.82) is 0 Å². The van der Waals surface area contributed by atoms with Crippen LogP contribution in [-0.2, 0) is 0 Å². The Balaban J connectivity index is 3.01. The quantitative estimate of drug-likeness (QED) is 0.349. The lowest BCUT2D eigenvalue weighted by molar-refractivity contribution is 0.487. The molecule has 0 N–H and O–H groups in total. The Morgan fingerprint density at radius 2 is 1.69 bits per heavy atom. The van der Waals surface area contributed by atoms with E-state index in [4.69, 9.17) is 0 Å². The zero-order valence-corrected chi connectivity index (χ0v) is 9.52. The largest absolute Gasteiger partial charge is 0.103 e. The van der Waals surface area contributed by atoms with Gasteiger partial charge in [0, 0.05) is 0 Å². The molecule has 0 saturated carbocycles. The molecule has 0 amide bonds. The Morgan fingerprint density at radius 1 is 1.08 bits per heavy atom. The molecule has 78 valence electrons. The van der Waals surface area contributed by atoms with E-state index in [0.29, 0.717) is 0 Å². The molecule has 0 bridgehead atoms. The first-order valence-corrected chi connectivity index (χ1v) is 5.92. The van der Waals surface area contributed by atoms with Crippen molar-refractivity contribution in [1.82, 2.24) is 0 Å². The van der Waals surface area contributed by atoms with Crippen molar-refractivity contribution >= 4 is 0 Å². The van der Waals surface area contributed by atoms with Crippen LogP contribution in [0.5, 0.6) is 0 Å². The Hall–Kier alpha value is -0.260. The normalized spacial score (nSPS) is 12.8. The Kier molecular flexibility index (Phi) is 9.63. The number of rotatable bonds is 9. The summed E-state index contributed by atoms with van der Waals surface area (Å²) < 4.78 is 0. The second-order valence-electron chi connectivity index (χ2n) is 4.19. The van der Waals surface area contributed by atoms with E-state index in [0.717, 1.165) is 5.92 Å². The van der Waals surface area contributed by atoms with Gasteiger partial charge < -0.3 is 0 Å². The molecule has 0 saturated heterocycles. The monoisotopic (exact) mass is 182 g/mol. The zero-order valence-electron chi connectivity index (χ0n) is 9.52. The third-order valence-corrected chi connectivity index (χ3v) is 2.62. The summed E-state index contributed by atoms with van der Waals surface area (Å²) in [6, 6.07) is 0. The van der Waals surface area contributed by atoms with E-state index in [1.165, 1.54) is 51.4 Å². The van der Waals surface area contributed by atoms with Crippen molar-refractivity contribution in [3.05, 3.63) is 12.7 Å². The van der Waals surface area contributed by atoms with Crippen molar-refractivity contribution in [2.75, 3.05) is 0 Å². The fourth-order valence-corrected chi connectivity index (χ4v) is 1.68. The highest BCUT2D eigenvalue weighted by Gasteiger charge is 1.98. The van der Waals surface area contributed by atoms with E-state index in [1.807, 2.05) is 6.08 Å². The summed E-state index contributed by atoms with van der Waals surface area (Å²) in [5, 5.41) is 0. The van der Waals surface area contributed by atoms with Crippen LogP contribution in [-0.4, -0.2) is 0 Å². The molecule has 13 heavy (non-hydrogen) atoms. The second kappa shape index (κ2) is 9.83. The summed E-state index contributed by atoms with van der Waals surface area (Å²) in [5.74, 6) is 0.851. The van der Waals surface area contributed by atoms with Crippen LogP contribution in [0, 0.1) is 5.92 Å². The maximum absolute atomic E-state index is 3.77. The molecule has 1 unspecified atom stereocenters. The minimum Gasteiger partial charge on any atom is -0.103 e. The van der Waals surface area contributed by atoms with E-state index in [-0.39, 0.29) is 0 Å². The molecule has 0 spiro atoms. The van der Waals surface area contributed by atoms with Gasteiger partial charge in [0.2, 0.25) is 0 Å². The van der Waals surface area contributed by atoms with Gasteiger partial charge in [0.15, 0.2) is 0 Å².